The van der Waals surface area contributed by atoms with E-state index in [0.717, 1.165) is 0 Å². The summed E-state index contributed by atoms with van der Waals surface area (Å²) in [5, 5.41) is 18.7. The van der Waals surface area contributed by atoms with E-state index in [9.17, 15) is 18.6 Å². The largest absolute Gasteiger partial charge is 0.397 e. The molecule has 1 aromatic rings. The van der Waals surface area contributed by atoms with E-state index >= 15 is 0 Å². The zero-order chi connectivity index (χ0) is 15.6. The van der Waals surface area contributed by atoms with Gasteiger partial charge in [0.2, 0.25) is 10.0 Å². The van der Waals surface area contributed by atoms with Gasteiger partial charge in [-0.3, -0.25) is 0 Å². The Morgan fingerprint density at radius 2 is 1.70 bits per heavy atom. The number of rotatable bonds is 6. The van der Waals surface area contributed by atoms with Crippen molar-refractivity contribution in [1.29, 1.82) is 0 Å². The van der Waals surface area contributed by atoms with Crippen LogP contribution >= 0.6 is 0 Å². The van der Waals surface area contributed by atoms with Gasteiger partial charge in [-0.25, -0.2) is 13.1 Å². The molecule has 5 N–H and O–H groups in total. The van der Waals surface area contributed by atoms with Crippen molar-refractivity contribution in [1.82, 2.24) is 4.72 Å². The standard InChI is InChI=1S/C13H22N2O4S/c1-4-13(7-16,8-17)15-20(18,19)12-10(3)6-5-9(2)11(12)14/h5-6,15-17H,4,7-8,14H2,1-3H3. The van der Waals surface area contributed by atoms with E-state index in [4.69, 9.17) is 5.73 Å². The highest BCUT2D eigenvalue weighted by atomic mass is 32.2. The first-order valence-electron chi connectivity index (χ1n) is 6.34. The van der Waals surface area contributed by atoms with Gasteiger partial charge in [0.15, 0.2) is 0 Å². The smallest absolute Gasteiger partial charge is 0.243 e. The van der Waals surface area contributed by atoms with Crippen LogP contribution in [0.2, 0.25) is 0 Å². The highest BCUT2D eigenvalue weighted by molar-refractivity contribution is 7.89. The fourth-order valence-corrected chi connectivity index (χ4v) is 3.80. The van der Waals surface area contributed by atoms with Crippen LogP contribution in [0.25, 0.3) is 0 Å². The number of nitrogens with one attached hydrogen (secondary N) is 1. The van der Waals surface area contributed by atoms with E-state index in [1.54, 1.807) is 32.9 Å². The molecule has 0 saturated carbocycles. The van der Waals surface area contributed by atoms with E-state index in [1.807, 2.05) is 0 Å². The molecule has 0 saturated heterocycles. The molecule has 1 aromatic carbocycles. The molecule has 0 aromatic heterocycles. The lowest BCUT2D eigenvalue weighted by atomic mass is 10.0. The third-order valence-electron chi connectivity index (χ3n) is 3.51. The number of hydrogen-bond acceptors (Lipinski definition) is 5. The molecule has 0 unspecified atom stereocenters. The van der Waals surface area contributed by atoms with Gasteiger partial charge in [-0.1, -0.05) is 19.1 Å². The van der Waals surface area contributed by atoms with Gasteiger partial charge in [0.25, 0.3) is 0 Å². The fraction of sp³-hybridized carbons (Fsp3) is 0.538. The normalized spacial score (nSPS) is 12.7. The third-order valence-corrected chi connectivity index (χ3v) is 5.29. The van der Waals surface area contributed by atoms with Crippen LogP contribution < -0.4 is 10.5 Å². The summed E-state index contributed by atoms with van der Waals surface area (Å²) in [6.45, 7) is 4.06. The first-order chi connectivity index (χ1) is 9.23. The zero-order valence-electron chi connectivity index (χ0n) is 12.0. The molecule has 0 atom stereocenters. The van der Waals surface area contributed by atoms with Crippen molar-refractivity contribution in [3.63, 3.8) is 0 Å². The van der Waals surface area contributed by atoms with Gasteiger partial charge in [-0.15, -0.1) is 0 Å². The number of aliphatic hydroxyl groups is 2. The predicted molar refractivity (Wildman–Crippen MR) is 77.8 cm³/mol. The molecule has 114 valence electrons. The predicted octanol–water partition coefficient (Wildman–Crippen LogP) is 0.297. The summed E-state index contributed by atoms with van der Waals surface area (Å²) in [6, 6.07) is 3.42. The maximum atomic E-state index is 12.5. The molecule has 0 aliphatic heterocycles. The molecule has 0 amide bonds. The molecule has 0 aliphatic carbocycles. The van der Waals surface area contributed by atoms with Crippen molar-refractivity contribution in [2.24, 2.45) is 0 Å². The second kappa shape index (κ2) is 6.09. The highest BCUT2D eigenvalue weighted by Crippen LogP contribution is 2.27. The number of aliphatic hydroxyl groups excluding tert-OH is 2. The van der Waals surface area contributed by atoms with Gasteiger partial charge in [-0.2, -0.15) is 0 Å². The molecule has 0 heterocycles. The van der Waals surface area contributed by atoms with Crippen molar-refractivity contribution < 1.29 is 18.6 Å². The van der Waals surface area contributed by atoms with Gasteiger partial charge in [0.05, 0.1) is 24.4 Å². The maximum Gasteiger partial charge on any atom is 0.243 e. The lowest BCUT2D eigenvalue weighted by Gasteiger charge is -2.30. The average molecular weight is 302 g/mol. The van der Waals surface area contributed by atoms with Crippen LogP contribution in [0.1, 0.15) is 24.5 Å². The molecule has 1 rings (SSSR count). The van der Waals surface area contributed by atoms with Crippen LogP contribution in [0, 0.1) is 13.8 Å². The molecular formula is C13H22N2O4S. The number of aryl methyl sites for hydroxylation is 2. The summed E-state index contributed by atoms with van der Waals surface area (Å²) < 4.78 is 27.4. The summed E-state index contributed by atoms with van der Waals surface area (Å²) in [6.07, 6.45) is 0.254. The Balaban J connectivity index is 3.35. The Labute approximate surface area is 119 Å². The quantitative estimate of drug-likeness (QED) is 0.564. The van der Waals surface area contributed by atoms with Crippen molar-refractivity contribution in [3.05, 3.63) is 23.3 Å². The van der Waals surface area contributed by atoms with Crippen molar-refractivity contribution >= 4 is 15.7 Å². The number of anilines is 1. The molecular weight excluding hydrogens is 280 g/mol. The first kappa shape index (κ1) is 16.9. The van der Waals surface area contributed by atoms with Crippen molar-refractivity contribution in [2.75, 3.05) is 18.9 Å². The van der Waals surface area contributed by atoms with Crippen LogP contribution in [-0.2, 0) is 10.0 Å². The number of nitrogens with two attached hydrogens (primary N) is 1. The summed E-state index contributed by atoms with van der Waals surface area (Å²) in [5.41, 5.74) is 5.93. The molecule has 0 radical (unpaired) electrons. The monoisotopic (exact) mass is 302 g/mol. The molecule has 20 heavy (non-hydrogen) atoms. The van der Waals surface area contributed by atoms with E-state index in [2.05, 4.69) is 4.72 Å². The highest BCUT2D eigenvalue weighted by Gasteiger charge is 2.34. The average Bonchev–Trinajstić information content (AvgIpc) is 2.40. The summed E-state index contributed by atoms with van der Waals surface area (Å²) in [7, 11) is -3.93. The van der Waals surface area contributed by atoms with Crippen LogP contribution in [0.5, 0.6) is 0 Å². The van der Waals surface area contributed by atoms with Crippen LogP contribution in [0.3, 0.4) is 0 Å². The van der Waals surface area contributed by atoms with E-state index in [0.29, 0.717) is 11.1 Å². The van der Waals surface area contributed by atoms with Crippen LogP contribution in [0.15, 0.2) is 17.0 Å². The third kappa shape index (κ3) is 3.12. The Morgan fingerprint density at radius 3 is 2.15 bits per heavy atom. The van der Waals surface area contributed by atoms with Gasteiger partial charge in [-0.05, 0) is 31.4 Å². The topological polar surface area (TPSA) is 113 Å². The second-order valence-corrected chi connectivity index (χ2v) is 6.62. The Bertz CT molecular complexity index is 572. The Kier molecular flexibility index (Phi) is 5.15. The van der Waals surface area contributed by atoms with Gasteiger partial charge < -0.3 is 15.9 Å². The maximum absolute atomic E-state index is 12.5. The summed E-state index contributed by atoms with van der Waals surface area (Å²) >= 11 is 0. The molecule has 6 nitrogen and oxygen atoms in total. The molecule has 0 aliphatic rings. The number of hydrogen-bond donors (Lipinski definition) is 4. The summed E-state index contributed by atoms with van der Waals surface area (Å²) in [4.78, 5) is -0.00257. The fourth-order valence-electron chi connectivity index (χ4n) is 1.91. The van der Waals surface area contributed by atoms with Crippen molar-refractivity contribution in [2.45, 2.75) is 37.6 Å². The van der Waals surface area contributed by atoms with Crippen molar-refractivity contribution in [3.8, 4) is 0 Å². The number of benzene rings is 1. The minimum absolute atomic E-state index is 0.00257. The van der Waals surface area contributed by atoms with Gasteiger partial charge in [0.1, 0.15) is 4.90 Å². The molecule has 0 spiro atoms. The number of nitrogen functional groups attached to an aromatic ring is 1. The minimum atomic E-state index is -3.93. The Morgan fingerprint density at radius 1 is 1.20 bits per heavy atom. The van der Waals surface area contributed by atoms with E-state index in [1.165, 1.54) is 0 Å². The minimum Gasteiger partial charge on any atom is -0.397 e. The number of sulfonamides is 1. The van der Waals surface area contributed by atoms with Crippen LogP contribution in [0.4, 0.5) is 5.69 Å². The lowest BCUT2D eigenvalue weighted by molar-refractivity contribution is 0.105. The molecule has 0 bridgehead atoms. The Hall–Kier alpha value is -1.15. The van der Waals surface area contributed by atoms with Gasteiger partial charge in [0, 0.05) is 0 Å². The van der Waals surface area contributed by atoms with E-state index in [-0.39, 0.29) is 17.0 Å². The first-order valence-corrected chi connectivity index (χ1v) is 7.82. The summed E-state index contributed by atoms with van der Waals surface area (Å²) in [5.74, 6) is 0. The zero-order valence-corrected chi connectivity index (χ0v) is 12.8. The second-order valence-electron chi connectivity index (χ2n) is 5.00. The van der Waals surface area contributed by atoms with Gasteiger partial charge >= 0.3 is 0 Å². The lowest BCUT2D eigenvalue weighted by Crippen LogP contribution is -2.53. The molecule has 0 fully saturated rings. The van der Waals surface area contributed by atoms with Crippen LogP contribution in [-0.4, -0.2) is 37.4 Å². The van der Waals surface area contributed by atoms with E-state index < -0.39 is 28.8 Å². The SMILES string of the molecule is CCC(CO)(CO)NS(=O)(=O)c1c(C)ccc(C)c1N. The molecule has 7 heteroatoms.